The van der Waals surface area contributed by atoms with Crippen LogP contribution in [-0.2, 0) is 0 Å². The number of alkyl halides is 1. The van der Waals surface area contributed by atoms with E-state index >= 15 is 0 Å². The highest BCUT2D eigenvalue weighted by Crippen LogP contribution is 2.17. The largest absolute Gasteiger partial charge is 0.385 e. The summed E-state index contributed by atoms with van der Waals surface area (Å²) in [6.45, 7) is 5.22. The maximum Gasteiger partial charge on any atom is 0.0372 e. The summed E-state index contributed by atoms with van der Waals surface area (Å²) in [5.74, 6) is 0.720. The molecule has 0 aliphatic carbocycles. The van der Waals surface area contributed by atoms with Crippen LogP contribution >= 0.6 is 11.6 Å². The third-order valence-electron chi connectivity index (χ3n) is 2.23. The van der Waals surface area contributed by atoms with Crippen molar-refractivity contribution in [3.8, 4) is 0 Å². The molecular weight excluding hydrogens is 182 g/mol. The van der Waals surface area contributed by atoms with Gasteiger partial charge in [-0.15, -0.1) is 11.6 Å². The molecule has 0 aromatic heterocycles. The van der Waals surface area contributed by atoms with Gasteiger partial charge in [-0.1, -0.05) is 12.1 Å². The molecule has 0 saturated carbocycles. The molecule has 0 saturated heterocycles. The van der Waals surface area contributed by atoms with E-state index in [4.69, 9.17) is 11.6 Å². The summed E-state index contributed by atoms with van der Waals surface area (Å²) in [6, 6.07) is 6.31. The van der Waals surface area contributed by atoms with E-state index in [2.05, 4.69) is 37.4 Å². The van der Waals surface area contributed by atoms with Crippen LogP contribution < -0.4 is 5.32 Å². The Hall–Kier alpha value is -0.690. The molecule has 0 heterocycles. The van der Waals surface area contributed by atoms with Crippen molar-refractivity contribution in [2.45, 2.75) is 20.3 Å². The topological polar surface area (TPSA) is 12.0 Å². The fourth-order valence-corrected chi connectivity index (χ4v) is 1.37. The van der Waals surface area contributed by atoms with Gasteiger partial charge in [-0.25, -0.2) is 0 Å². The van der Waals surface area contributed by atoms with Crippen molar-refractivity contribution >= 4 is 17.3 Å². The molecule has 13 heavy (non-hydrogen) atoms. The van der Waals surface area contributed by atoms with Gasteiger partial charge in [-0.3, -0.25) is 0 Å². The summed E-state index contributed by atoms with van der Waals surface area (Å²) in [5, 5.41) is 3.37. The molecule has 1 aromatic rings. The molecule has 1 N–H and O–H groups in total. The number of hydrogen-bond donors (Lipinski definition) is 1. The first-order chi connectivity index (χ1) is 6.25. The van der Waals surface area contributed by atoms with Gasteiger partial charge in [0, 0.05) is 18.1 Å². The predicted molar refractivity (Wildman–Crippen MR) is 59.7 cm³/mol. The van der Waals surface area contributed by atoms with Crippen LogP contribution in [0.2, 0.25) is 0 Å². The lowest BCUT2D eigenvalue weighted by Gasteiger charge is -2.10. The second-order valence-electron chi connectivity index (χ2n) is 3.22. The van der Waals surface area contributed by atoms with Gasteiger partial charge in [-0.05, 0) is 37.5 Å². The number of rotatable bonds is 4. The van der Waals surface area contributed by atoms with Gasteiger partial charge in [0.1, 0.15) is 0 Å². The van der Waals surface area contributed by atoms with Crippen molar-refractivity contribution in [3.63, 3.8) is 0 Å². The Balaban J connectivity index is 2.61. The molecule has 2 heteroatoms. The van der Waals surface area contributed by atoms with Crippen LogP contribution in [0.5, 0.6) is 0 Å². The zero-order chi connectivity index (χ0) is 9.68. The quantitative estimate of drug-likeness (QED) is 0.577. The summed E-state index contributed by atoms with van der Waals surface area (Å²) < 4.78 is 0. The van der Waals surface area contributed by atoms with Gasteiger partial charge >= 0.3 is 0 Å². The van der Waals surface area contributed by atoms with Crippen LogP contribution in [0.25, 0.3) is 0 Å². The van der Waals surface area contributed by atoms with Crippen molar-refractivity contribution in [1.29, 1.82) is 0 Å². The van der Waals surface area contributed by atoms with Crippen LogP contribution in [0.15, 0.2) is 18.2 Å². The van der Waals surface area contributed by atoms with Gasteiger partial charge in [0.25, 0.3) is 0 Å². The number of anilines is 1. The molecule has 0 aliphatic rings. The molecule has 0 spiro atoms. The molecule has 1 rings (SSSR count). The zero-order valence-electron chi connectivity index (χ0n) is 8.23. The zero-order valence-corrected chi connectivity index (χ0v) is 8.99. The summed E-state index contributed by atoms with van der Waals surface area (Å²) in [6.07, 6.45) is 1.01. The van der Waals surface area contributed by atoms with E-state index in [9.17, 15) is 0 Å². The van der Waals surface area contributed by atoms with Gasteiger partial charge in [0.2, 0.25) is 0 Å². The van der Waals surface area contributed by atoms with E-state index in [0.717, 1.165) is 18.8 Å². The Morgan fingerprint density at radius 3 is 2.77 bits per heavy atom. The summed E-state index contributed by atoms with van der Waals surface area (Å²) in [7, 11) is 0. The molecule has 0 bridgehead atoms. The number of halogens is 1. The van der Waals surface area contributed by atoms with Crippen molar-refractivity contribution < 1.29 is 0 Å². The lowest BCUT2D eigenvalue weighted by molar-refractivity contribution is 0.984. The van der Waals surface area contributed by atoms with Crippen molar-refractivity contribution in [3.05, 3.63) is 29.3 Å². The van der Waals surface area contributed by atoms with E-state index in [1.54, 1.807) is 0 Å². The van der Waals surface area contributed by atoms with Crippen LogP contribution in [-0.4, -0.2) is 12.4 Å². The number of hydrogen-bond acceptors (Lipinski definition) is 1. The Labute approximate surface area is 85.1 Å². The van der Waals surface area contributed by atoms with Gasteiger partial charge < -0.3 is 5.32 Å². The first kappa shape index (κ1) is 10.4. The second kappa shape index (κ2) is 5.13. The molecule has 0 aliphatic heterocycles. The van der Waals surface area contributed by atoms with E-state index < -0.39 is 0 Å². The standard InChI is InChI=1S/C11H16ClN/c1-9-5-3-6-11(10(9)2)13-8-4-7-12/h3,5-6,13H,4,7-8H2,1-2H3. The third-order valence-corrected chi connectivity index (χ3v) is 2.50. The highest BCUT2D eigenvalue weighted by molar-refractivity contribution is 6.17. The molecule has 0 fully saturated rings. The normalized spacial score (nSPS) is 10.1. The predicted octanol–water partition coefficient (Wildman–Crippen LogP) is 3.34. The van der Waals surface area contributed by atoms with Gasteiger partial charge in [0.05, 0.1) is 0 Å². The summed E-state index contributed by atoms with van der Waals surface area (Å²) in [4.78, 5) is 0. The SMILES string of the molecule is Cc1cccc(NCCCCl)c1C. The highest BCUT2D eigenvalue weighted by Gasteiger charge is 1.98. The smallest absolute Gasteiger partial charge is 0.0372 e. The maximum atomic E-state index is 5.60. The molecule has 0 atom stereocenters. The summed E-state index contributed by atoms with van der Waals surface area (Å²) in [5.41, 5.74) is 3.89. The Bertz CT molecular complexity index is 271. The minimum atomic E-state index is 0.720. The Kier molecular flexibility index (Phi) is 4.10. The number of aryl methyl sites for hydroxylation is 1. The molecule has 1 aromatic carbocycles. The molecule has 0 radical (unpaired) electrons. The van der Waals surface area contributed by atoms with Crippen LogP contribution in [0.3, 0.4) is 0 Å². The Morgan fingerprint density at radius 2 is 2.08 bits per heavy atom. The van der Waals surface area contributed by atoms with Crippen LogP contribution in [0, 0.1) is 13.8 Å². The van der Waals surface area contributed by atoms with E-state index in [-0.39, 0.29) is 0 Å². The summed E-state index contributed by atoms with van der Waals surface area (Å²) >= 11 is 5.60. The van der Waals surface area contributed by atoms with E-state index in [0.29, 0.717) is 0 Å². The molecule has 1 nitrogen and oxygen atoms in total. The maximum absolute atomic E-state index is 5.60. The van der Waals surface area contributed by atoms with Gasteiger partial charge in [-0.2, -0.15) is 0 Å². The fraction of sp³-hybridized carbons (Fsp3) is 0.455. The van der Waals surface area contributed by atoms with Crippen molar-refractivity contribution in [1.82, 2.24) is 0 Å². The first-order valence-electron chi connectivity index (χ1n) is 4.61. The minimum Gasteiger partial charge on any atom is -0.385 e. The van der Waals surface area contributed by atoms with E-state index in [1.165, 1.54) is 16.8 Å². The monoisotopic (exact) mass is 197 g/mol. The van der Waals surface area contributed by atoms with Crippen molar-refractivity contribution in [2.75, 3.05) is 17.7 Å². The van der Waals surface area contributed by atoms with Crippen molar-refractivity contribution in [2.24, 2.45) is 0 Å². The molecule has 0 unspecified atom stereocenters. The minimum absolute atomic E-state index is 0.720. The van der Waals surface area contributed by atoms with Gasteiger partial charge in [0.15, 0.2) is 0 Å². The molecular formula is C11H16ClN. The molecule has 72 valence electrons. The second-order valence-corrected chi connectivity index (χ2v) is 3.59. The number of benzene rings is 1. The van der Waals surface area contributed by atoms with Crippen LogP contribution in [0.1, 0.15) is 17.5 Å². The lowest BCUT2D eigenvalue weighted by atomic mass is 10.1. The number of nitrogens with one attached hydrogen (secondary N) is 1. The lowest BCUT2D eigenvalue weighted by Crippen LogP contribution is -2.03. The molecule has 0 amide bonds. The van der Waals surface area contributed by atoms with Crippen LogP contribution in [0.4, 0.5) is 5.69 Å². The highest BCUT2D eigenvalue weighted by atomic mass is 35.5. The average molecular weight is 198 g/mol. The third kappa shape index (κ3) is 2.92. The fourth-order valence-electron chi connectivity index (χ4n) is 1.23. The Morgan fingerprint density at radius 1 is 1.31 bits per heavy atom. The average Bonchev–Trinajstić information content (AvgIpc) is 2.13. The first-order valence-corrected chi connectivity index (χ1v) is 5.15. The van der Waals surface area contributed by atoms with E-state index in [1.807, 2.05) is 0 Å².